The molecule has 2 N–H and O–H groups in total. The number of halogens is 3. The van der Waals surface area contributed by atoms with Gasteiger partial charge in [0.25, 0.3) is 5.91 Å². The molecular formula is C9H10F3NO4. The topological polar surface area (TPSA) is 75.6 Å². The molecular weight excluding hydrogens is 243 g/mol. The summed E-state index contributed by atoms with van der Waals surface area (Å²) in [5.74, 6) is -2.48. The molecule has 0 bridgehead atoms. The number of carbonyl (C=O) groups excluding carboxylic acids is 2. The van der Waals surface area contributed by atoms with E-state index in [1.165, 1.54) is 6.92 Å². The van der Waals surface area contributed by atoms with Crippen molar-refractivity contribution in [2.75, 3.05) is 6.61 Å². The minimum atomic E-state index is -5.10. The highest BCUT2D eigenvalue weighted by atomic mass is 19.4. The summed E-state index contributed by atoms with van der Waals surface area (Å²) >= 11 is 0. The van der Waals surface area contributed by atoms with Crippen LogP contribution in [0.5, 0.6) is 0 Å². The average Bonchev–Trinajstić information content (AvgIpc) is 2.42. The van der Waals surface area contributed by atoms with Gasteiger partial charge >= 0.3 is 12.1 Å². The largest absolute Gasteiger partial charge is 0.463 e. The molecule has 0 radical (unpaired) electrons. The maximum atomic E-state index is 12.4. The molecule has 1 heterocycles. The summed E-state index contributed by atoms with van der Waals surface area (Å²) in [5, 5.41) is 11.0. The van der Waals surface area contributed by atoms with Crippen LogP contribution in [0.1, 0.15) is 13.3 Å². The number of rotatable bonds is 2. The molecule has 0 aromatic heterocycles. The Hall–Kier alpha value is -1.57. The molecule has 17 heavy (non-hydrogen) atoms. The van der Waals surface area contributed by atoms with Gasteiger partial charge in [-0.25, -0.2) is 4.79 Å². The quantitative estimate of drug-likeness (QED) is 0.546. The molecule has 1 atom stereocenters. The highest BCUT2D eigenvalue weighted by Crippen LogP contribution is 2.38. The Kier molecular flexibility index (Phi) is 3.46. The van der Waals surface area contributed by atoms with E-state index >= 15 is 0 Å². The van der Waals surface area contributed by atoms with Gasteiger partial charge < -0.3 is 15.2 Å². The van der Waals surface area contributed by atoms with Crippen LogP contribution < -0.4 is 5.32 Å². The van der Waals surface area contributed by atoms with E-state index in [-0.39, 0.29) is 12.3 Å². The van der Waals surface area contributed by atoms with E-state index in [1.807, 2.05) is 0 Å². The van der Waals surface area contributed by atoms with E-state index in [1.54, 1.807) is 5.32 Å². The van der Waals surface area contributed by atoms with E-state index < -0.39 is 30.1 Å². The van der Waals surface area contributed by atoms with E-state index in [9.17, 15) is 27.9 Å². The van der Waals surface area contributed by atoms with Gasteiger partial charge in [-0.3, -0.25) is 4.79 Å². The normalized spacial score (nSPS) is 27.1. The van der Waals surface area contributed by atoms with Crippen molar-refractivity contribution in [3.63, 3.8) is 0 Å². The molecule has 1 aliphatic heterocycles. The van der Waals surface area contributed by atoms with Crippen molar-refractivity contribution in [1.29, 1.82) is 0 Å². The molecule has 5 nitrogen and oxygen atoms in total. The lowest BCUT2D eigenvalue weighted by molar-refractivity contribution is -0.246. The molecule has 0 saturated carbocycles. The minimum absolute atomic E-state index is 0.0557. The maximum Gasteiger partial charge on any atom is 0.426 e. The van der Waals surface area contributed by atoms with E-state index in [2.05, 4.69) is 4.74 Å². The zero-order valence-electron chi connectivity index (χ0n) is 8.80. The Balaban J connectivity index is 2.87. The molecule has 8 heteroatoms. The van der Waals surface area contributed by atoms with Crippen LogP contribution in [0.4, 0.5) is 13.2 Å². The van der Waals surface area contributed by atoms with Crippen LogP contribution in [0.2, 0.25) is 0 Å². The van der Waals surface area contributed by atoms with Crippen molar-refractivity contribution in [2.24, 2.45) is 0 Å². The van der Waals surface area contributed by atoms with Gasteiger partial charge in [0.2, 0.25) is 5.60 Å². The summed E-state index contributed by atoms with van der Waals surface area (Å²) in [5.41, 5.74) is -3.81. The fourth-order valence-electron chi connectivity index (χ4n) is 1.29. The van der Waals surface area contributed by atoms with Crippen LogP contribution in [0, 0.1) is 0 Å². The highest BCUT2D eigenvalue weighted by Gasteiger charge is 2.62. The molecule has 1 saturated heterocycles. The average molecular weight is 253 g/mol. The third kappa shape index (κ3) is 2.57. The Labute approximate surface area is 94.2 Å². The van der Waals surface area contributed by atoms with Gasteiger partial charge in [0.05, 0.1) is 6.61 Å². The number of hydrogen-bond acceptors (Lipinski definition) is 4. The van der Waals surface area contributed by atoms with Gasteiger partial charge in [0, 0.05) is 18.2 Å². The summed E-state index contributed by atoms with van der Waals surface area (Å²) in [6.45, 7) is 1.58. The fraction of sp³-hybridized carbons (Fsp3) is 0.556. The lowest BCUT2D eigenvalue weighted by Crippen LogP contribution is -2.50. The first-order valence-electron chi connectivity index (χ1n) is 4.68. The number of esters is 1. The van der Waals surface area contributed by atoms with Crippen molar-refractivity contribution in [3.05, 3.63) is 11.8 Å². The standard InChI is InChI=1S/C9H10F3NO4/c1-2-17-6(14)3-5-4-8(16,7(15)13-5)9(10,11)12/h3,16H,2,4H2,1H3,(H,13,15). The van der Waals surface area contributed by atoms with E-state index in [0.717, 1.165) is 0 Å². The second-order valence-electron chi connectivity index (χ2n) is 3.41. The van der Waals surface area contributed by atoms with Crippen molar-refractivity contribution in [3.8, 4) is 0 Å². The molecule has 0 spiro atoms. The predicted molar refractivity (Wildman–Crippen MR) is 48.5 cm³/mol. The van der Waals surface area contributed by atoms with Gasteiger partial charge in [-0.05, 0) is 6.92 Å². The predicted octanol–water partition coefficient (Wildman–Crippen LogP) is 0.247. The molecule has 0 aromatic rings. The van der Waals surface area contributed by atoms with Crippen molar-refractivity contribution >= 4 is 11.9 Å². The summed E-state index contributed by atoms with van der Waals surface area (Å²) in [6, 6.07) is 0. The van der Waals surface area contributed by atoms with Gasteiger partial charge in [-0.15, -0.1) is 0 Å². The van der Waals surface area contributed by atoms with Crippen LogP contribution >= 0.6 is 0 Å². The monoisotopic (exact) mass is 253 g/mol. The first-order chi connectivity index (χ1) is 7.70. The Morgan fingerprint density at radius 1 is 1.65 bits per heavy atom. The number of ether oxygens (including phenoxy) is 1. The molecule has 1 fully saturated rings. The fourth-order valence-corrected chi connectivity index (χ4v) is 1.29. The van der Waals surface area contributed by atoms with Crippen LogP contribution in [0.25, 0.3) is 0 Å². The van der Waals surface area contributed by atoms with Crippen molar-refractivity contribution < 1.29 is 32.6 Å². The molecule has 0 aromatic carbocycles. The Bertz CT molecular complexity index is 377. The third-order valence-electron chi connectivity index (χ3n) is 2.14. The van der Waals surface area contributed by atoms with E-state index in [4.69, 9.17) is 0 Å². The lowest BCUT2D eigenvalue weighted by Gasteiger charge is -2.21. The van der Waals surface area contributed by atoms with Crippen LogP contribution in [-0.2, 0) is 14.3 Å². The Morgan fingerprint density at radius 3 is 2.65 bits per heavy atom. The number of nitrogens with one attached hydrogen (secondary N) is 1. The summed E-state index contributed by atoms with van der Waals surface area (Å²) in [6.07, 6.45) is -5.40. The summed E-state index contributed by atoms with van der Waals surface area (Å²) < 4.78 is 41.7. The van der Waals surface area contributed by atoms with Crippen LogP contribution in [0.3, 0.4) is 0 Å². The zero-order valence-corrected chi connectivity index (χ0v) is 8.80. The zero-order chi connectivity index (χ0) is 13.3. The first kappa shape index (κ1) is 13.5. The molecule has 0 aliphatic carbocycles. The smallest absolute Gasteiger partial charge is 0.426 e. The number of hydrogen-bond donors (Lipinski definition) is 2. The Morgan fingerprint density at radius 2 is 2.24 bits per heavy atom. The van der Waals surface area contributed by atoms with E-state index in [0.29, 0.717) is 6.08 Å². The number of alkyl halides is 3. The maximum absolute atomic E-state index is 12.4. The number of aliphatic hydroxyl groups is 1. The van der Waals surface area contributed by atoms with Crippen molar-refractivity contribution in [2.45, 2.75) is 25.1 Å². The summed E-state index contributed by atoms with van der Waals surface area (Å²) in [4.78, 5) is 22.0. The van der Waals surface area contributed by atoms with Gasteiger partial charge in [-0.2, -0.15) is 13.2 Å². The molecule has 1 unspecified atom stereocenters. The molecule has 96 valence electrons. The first-order valence-corrected chi connectivity index (χ1v) is 4.68. The second kappa shape index (κ2) is 4.36. The lowest BCUT2D eigenvalue weighted by atomic mass is 10.0. The van der Waals surface area contributed by atoms with Gasteiger partial charge in [0.1, 0.15) is 0 Å². The number of amides is 1. The summed E-state index contributed by atoms with van der Waals surface area (Å²) in [7, 11) is 0. The van der Waals surface area contributed by atoms with Crippen LogP contribution in [-0.4, -0.2) is 35.4 Å². The van der Waals surface area contributed by atoms with Crippen LogP contribution in [0.15, 0.2) is 11.8 Å². The second-order valence-corrected chi connectivity index (χ2v) is 3.41. The number of carbonyl (C=O) groups is 2. The molecule has 1 rings (SSSR count). The van der Waals surface area contributed by atoms with Gasteiger partial charge in [-0.1, -0.05) is 0 Å². The molecule has 1 amide bonds. The minimum Gasteiger partial charge on any atom is -0.463 e. The molecule has 1 aliphatic rings. The van der Waals surface area contributed by atoms with Gasteiger partial charge in [0.15, 0.2) is 0 Å². The SMILES string of the molecule is CCOC(=O)C=C1CC(O)(C(F)(F)F)C(=O)N1. The third-order valence-corrected chi connectivity index (χ3v) is 2.14. The highest BCUT2D eigenvalue weighted by molar-refractivity contribution is 5.93. The van der Waals surface area contributed by atoms with Crippen molar-refractivity contribution in [1.82, 2.24) is 5.32 Å².